The first kappa shape index (κ1) is 13.3. The second kappa shape index (κ2) is 5.26. The molecule has 6 heteroatoms. The first-order valence-electron chi connectivity index (χ1n) is 3.80. The minimum Gasteiger partial charge on any atom is -0.272 e. The molecule has 0 aromatic rings. The molecule has 0 fully saturated rings. The van der Waals surface area contributed by atoms with E-state index in [0.29, 0.717) is 16.4 Å². The normalized spacial score (nSPS) is 15.0. The van der Waals surface area contributed by atoms with Gasteiger partial charge in [0.1, 0.15) is 5.88 Å². The molecule has 0 N–H and O–H groups in total. The summed E-state index contributed by atoms with van der Waals surface area (Å²) in [4.78, 5) is 7.44. The Hall–Kier alpha value is -0.680. The van der Waals surface area contributed by atoms with Gasteiger partial charge in [0.2, 0.25) is 0 Å². The summed E-state index contributed by atoms with van der Waals surface area (Å²) in [6.07, 6.45) is 1.11. The summed E-state index contributed by atoms with van der Waals surface area (Å²) in [6.45, 7) is 6.61. The Bertz CT molecular complexity index is 382. The molecule has 0 unspecified atom stereocenters. The van der Waals surface area contributed by atoms with Gasteiger partial charge < -0.3 is 0 Å². The lowest BCUT2D eigenvalue weighted by atomic mass is 10.3. The predicted molar refractivity (Wildman–Crippen MR) is 60.9 cm³/mol. The lowest BCUT2D eigenvalue weighted by molar-refractivity contribution is 0.602. The van der Waals surface area contributed by atoms with Crippen LogP contribution in [0.25, 0.3) is 0 Å². The molecule has 0 amide bonds. The largest absolute Gasteiger partial charge is 0.272 e. The molecule has 80 valence electrons. The zero-order chi connectivity index (χ0) is 11.4. The smallest absolute Gasteiger partial charge is 0.167 e. The molecule has 14 heavy (non-hydrogen) atoms. The van der Waals surface area contributed by atoms with E-state index in [2.05, 4.69) is 16.7 Å². The van der Waals surface area contributed by atoms with Gasteiger partial charge in [0.25, 0.3) is 0 Å². The fraction of sp³-hybridized carbons (Fsp3) is 0.500. The van der Waals surface area contributed by atoms with Gasteiger partial charge in [-0.2, -0.15) is 0 Å². The number of halogens is 1. The highest BCUT2D eigenvalue weighted by molar-refractivity contribution is 7.90. The summed E-state index contributed by atoms with van der Waals surface area (Å²) in [6, 6.07) is 0. The van der Waals surface area contributed by atoms with Crippen LogP contribution in [0, 0.1) is 0 Å². The van der Waals surface area contributed by atoms with Crippen LogP contribution in [0.3, 0.4) is 0 Å². The Morgan fingerprint density at radius 3 is 2.29 bits per heavy atom. The highest BCUT2D eigenvalue weighted by Gasteiger charge is 2.04. The number of hydrogen-bond acceptors (Lipinski definition) is 4. The summed E-state index contributed by atoms with van der Waals surface area (Å²) in [5, 5.41) is 0.337. The molecule has 0 aromatic carbocycles. The lowest BCUT2D eigenvalue weighted by Crippen LogP contribution is -2.04. The van der Waals surface area contributed by atoms with Crippen molar-refractivity contribution in [2.24, 2.45) is 9.98 Å². The van der Waals surface area contributed by atoms with Crippen LogP contribution in [-0.2, 0) is 9.84 Å². The molecule has 4 nitrogen and oxygen atoms in total. The third kappa shape index (κ3) is 5.14. The maximum Gasteiger partial charge on any atom is 0.167 e. The van der Waals surface area contributed by atoms with E-state index >= 15 is 0 Å². The van der Waals surface area contributed by atoms with Gasteiger partial charge in [0.05, 0.1) is 16.4 Å². The number of sulfone groups is 1. The van der Waals surface area contributed by atoms with Gasteiger partial charge in [0, 0.05) is 6.26 Å². The minimum atomic E-state index is -3.10. The Kier molecular flexibility index (Phi) is 5.01. The standard InChI is InChI=1S/C8H13ClN2O2S/c1-6(10-3)8(9)7(2)11-5-14(4,12)13/h3,5H2,1-2,4H3/b8-6+,11-7?. The number of rotatable bonds is 4. The number of allylic oxidation sites excluding steroid dienone is 2. The summed E-state index contributed by atoms with van der Waals surface area (Å²) in [5.41, 5.74) is 0.975. The third-order valence-electron chi connectivity index (χ3n) is 1.41. The second-order valence-electron chi connectivity index (χ2n) is 2.86. The predicted octanol–water partition coefficient (Wildman–Crippen LogP) is 1.62. The fourth-order valence-corrected chi connectivity index (χ4v) is 1.16. The molecule has 0 spiro atoms. The molecule has 0 rings (SSSR count). The van der Waals surface area contributed by atoms with E-state index in [4.69, 9.17) is 11.6 Å². The number of hydrogen-bond donors (Lipinski definition) is 0. The van der Waals surface area contributed by atoms with Crippen molar-refractivity contribution in [3.05, 3.63) is 10.7 Å². The molecule has 0 aliphatic heterocycles. The van der Waals surface area contributed by atoms with Crippen molar-refractivity contribution < 1.29 is 8.42 Å². The van der Waals surface area contributed by atoms with Gasteiger partial charge in [-0.1, -0.05) is 11.6 Å². The summed E-state index contributed by atoms with van der Waals surface area (Å²) >= 11 is 5.83. The molecule has 0 aliphatic carbocycles. The molecule has 0 aromatic heterocycles. The maximum absolute atomic E-state index is 10.8. The van der Waals surface area contributed by atoms with Crippen molar-refractivity contribution in [3.63, 3.8) is 0 Å². The zero-order valence-corrected chi connectivity index (χ0v) is 9.98. The molecule has 0 radical (unpaired) electrons. The van der Waals surface area contributed by atoms with Crippen LogP contribution in [-0.4, -0.2) is 33.0 Å². The Morgan fingerprint density at radius 2 is 1.93 bits per heavy atom. The quantitative estimate of drug-likeness (QED) is 0.697. The van der Waals surface area contributed by atoms with E-state index in [1.165, 1.54) is 0 Å². The number of nitrogens with zero attached hydrogens (tertiary/aromatic N) is 2. The molecular weight excluding hydrogens is 224 g/mol. The zero-order valence-electron chi connectivity index (χ0n) is 8.41. The molecule has 0 atom stereocenters. The molecule has 0 saturated carbocycles. The lowest BCUT2D eigenvalue weighted by Gasteiger charge is -2.00. The van der Waals surface area contributed by atoms with Crippen molar-refractivity contribution in [1.29, 1.82) is 0 Å². The van der Waals surface area contributed by atoms with Crippen LogP contribution >= 0.6 is 11.6 Å². The highest BCUT2D eigenvalue weighted by Crippen LogP contribution is 2.12. The highest BCUT2D eigenvalue weighted by atomic mass is 35.5. The maximum atomic E-state index is 10.8. The van der Waals surface area contributed by atoms with Crippen molar-refractivity contribution in [2.45, 2.75) is 13.8 Å². The third-order valence-corrected chi connectivity index (χ3v) is 2.55. The Morgan fingerprint density at radius 1 is 1.43 bits per heavy atom. The molecule has 0 saturated heterocycles. The first-order chi connectivity index (χ1) is 6.28. The number of aliphatic imine (C=N–C) groups is 2. The Labute approximate surface area is 89.3 Å². The molecule has 0 aliphatic rings. The molecule has 0 bridgehead atoms. The van der Waals surface area contributed by atoms with E-state index < -0.39 is 9.84 Å². The van der Waals surface area contributed by atoms with E-state index in [0.717, 1.165) is 6.26 Å². The van der Waals surface area contributed by atoms with E-state index in [9.17, 15) is 8.42 Å². The van der Waals surface area contributed by atoms with Gasteiger partial charge in [-0.25, -0.2) is 8.42 Å². The van der Waals surface area contributed by atoms with E-state index in [1.807, 2.05) is 0 Å². The van der Waals surface area contributed by atoms with Crippen LogP contribution in [0.15, 0.2) is 20.7 Å². The van der Waals surface area contributed by atoms with Crippen LogP contribution in [0.5, 0.6) is 0 Å². The van der Waals surface area contributed by atoms with Crippen LogP contribution in [0.4, 0.5) is 0 Å². The average molecular weight is 237 g/mol. The topological polar surface area (TPSA) is 58.9 Å². The second-order valence-corrected chi connectivity index (χ2v) is 5.34. The van der Waals surface area contributed by atoms with Gasteiger partial charge in [-0.15, -0.1) is 0 Å². The van der Waals surface area contributed by atoms with Gasteiger partial charge in [0.15, 0.2) is 9.84 Å². The van der Waals surface area contributed by atoms with Gasteiger partial charge >= 0.3 is 0 Å². The monoisotopic (exact) mass is 236 g/mol. The van der Waals surface area contributed by atoms with Crippen molar-refractivity contribution in [3.8, 4) is 0 Å². The minimum absolute atomic E-state index is 0.264. The van der Waals surface area contributed by atoms with E-state index in [1.54, 1.807) is 13.8 Å². The molecule has 0 heterocycles. The van der Waals surface area contributed by atoms with Crippen LogP contribution in [0.1, 0.15) is 13.8 Å². The summed E-state index contributed by atoms with van der Waals surface area (Å²) in [7, 11) is -3.10. The van der Waals surface area contributed by atoms with Crippen molar-refractivity contribution in [1.82, 2.24) is 0 Å². The Balaban J connectivity index is 4.80. The average Bonchev–Trinajstić information content (AvgIpc) is 2.10. The van der Waals surface area contributed by atoms with Gasteiger partial charge in [-0.05, 0) is 20.6 Å². The first-order valence-corrected chi connectivity index (χ1v) is 6.24. The fourth-order valence-electron chi connectivity index (χ4n) is 0.615. The van der Waals surface area contributed by atoms with Crippen LogP contribution < -0.4 is 0 Å². The van der Waals surface area contributed by atoms with Crippen LogP contribution in [0.2, 0.25) is 0 Å². The van der Waals surface area contributed by atoms with E-state index in [-0.39, 0.29) is 5.88 Å². The van der Waals surface area contributed by atoms with Crippen molar-refractivity contribution >= 4 is 33.9 Å². The summed E-state index contributed by atoms with van der Waals surface area (Å²) < 4.78 is 21.6. The molecular formula is C8H13ClN2O2S. The summed E-state index contributed by atoms with van der Waals surface area (Å²) in [5.74, 6) is -0.264. The van der Waals surface area contributed by atoms with Crippen molar-refractivity contribution in [2.75, 3.05) is 12.1 Å². The van der Waals surface area contributed by atoms with Gasteiger partial charge in [-0.3, -0.25) is 9.98 Å². The SMILES string of the molecule is C=N/C(C)=C(/Cl)C(C)=NCS(C)(=O)=O.